The van der Waals surface area contributed by atoms with E-state index >= 15 is 0 Å². The third-order valence-electron chi connectivity index (χ3n) is 1.81. The highest BCUT2D eigenvalue weighted by Crippen LogP contribution is 2.60. The molecule has 0 bridgehead atoms. The van der Waals surface area contributed by atoms with E-state index in [-0.39, 0.29) is 4.47 Å². The highest BCUT2D eigenvalue weighted by molar-refractivity contribution is 9.10. The molecule has 0 aliphatic carbocycles. The van der Waals surface area contributed by atoms with Gasteiger partial charge in [0.15, 0.2) is 0 Å². The van der Waals surface area contributed by atoms with Crippen LogP contribution in [0.2, 0.25) is 0 Å². The zero-order valence-corrected chi connectivity index (χ0v) is 12.1. The first-order chi connectivity index (χ1) is 7.66. The van der Waals surface area contributed by atoms with E-state index in [0.29, 0.717) is 5.56 Å². The monoisotopic (exact) mass is 330 g/mol. The number of hydrogen-bond donors (Lipinski definition) is 2. The van der Waals surface area contributed by atoms with Crippen LogP contribution in [0.25, 0.3) is 0 Å². The van der Waals surface area contributed by atoms with Gasteiger partial charge in [-0.3, -0.25) is 4.57 Å². The van der Waals surface area contributed by atoms with Crippen molar-refractivity contribution in [2.24, 2.45) is 0 Å². The van der Waals surface area contributed by atoms with Gasteiger partial charge in [0.05, 0.1) is 0 Å². The SMILES string of the molecule is CC.Cc1ccc(C(F)(F)P(=O)(O)O)c(Br)c1. The molecule has 0 aliphatic heterocycles. The number of halogens is 3. The van der Waals surface area contributed by atoms with Crippen molar-refractivity contribution >= 4 is 23.5 Å². The summed E-state index contributed by atoms with van der Waals surface area (Å²) in [5.41, 5.74) is -4.16. The molecule has 98 valence electrons. The Bertz CT molecular complexity index is 432. The van der Waals surface area contributed by atoms with Crippen LogP contribution in [0.15, 0.2) is 22.7 Å². The molecule has 0 amide bonds. The molecule has 0 fully saturated rings. The summed E-state index contributed by atoms with van der Waals surface area (Å²) in [6.07, 6.45) is 0. The normalized spacial score (nSPS) is 11.8. The minimum Gasteiger partial charge on any atom is -0.320 e. The van der Waals surface area contributed by atoms with Gasteiger partial charge in [0.25, 0.3) is 0 Å². The molecule has 0 atom stereocenters. The lowest BCUT2D eigenvalue weighted by atomic mass is 10.1. The van der Waals surface area contributed by atoms with Gasteiger partial charge in [0.1, 0.15) is 0 Å². The summed E-state index contributed by atoms with van der Waals surface area (Å²) in [5.74, 6) is 0. The zero-order valence-electron chi connectivity index (χ0n) is 9.62. The van der Waals surface area contributed by atoms with Crippen LogP contribution in [0.4, 0.5) is 8.78 Å². The molecule has 17 heavy (non-hydrogen) atoms. The van der Waals surface area contributed by atoms with E-state index in [2.05, 4.69) is 15.9 Å². The van der Waals surface area contributed by atoms with Crippen LogP contribution in [0.5, 0.6) is 0 Å². The topological polar surface area (TPSA) is 57.5 Å². The van der Waals surface area contributed by atoms with Crippen molar-refractivity contribution < 1.29 is 23.1 Å². The van der Waals surface area contributed by atoms with Gasteiger partial charge in [0.2, 0.25) is 0 Å². The summed E-state index contributed by atoms with van der Waals surface area (Å²) in [6, 6.07) is 3.74. The third-order valence-corrected chi connectivity index (χ3v) is 3.44. The third kappa shape index (κ3) is 3.85. The first-order valence-corrected chi connectivity index (χ1v) is 7.27. The van der Waals surface area contributed by atoms with Crippen LogP contribution in [0.1, 0.15) is 25.0 Å². The fourth-order valence-corrected chi connectivity index (χ4v) is 2.43. The molecule has 0 radical (unpaired) electrons. The summed E-state index contributed by atoms with van der Waals surface area (Å²) in [6.45, 7) is 5.68. The highest BCUT2D eigenvalue weighted by atomic mass is 79.9. The number of aryl methyl sites for hydroxylation is 1. The molecule has 0 aliphatic rings. The Labute approximate surface area is 107 Å². The second-order valence-corrected chi connectivity index (χ2v) is 5.57. The van der Waals surface area contributed by atoms with E-state index in [1.807, 2.05) is 13.8 Å². The molecule has 3 nitrogen and oxygen atoms in total. The highest BCUT2D eigenvalue weighted by Gasteiger charge is 2.51. The molecule has 1 aromatic rings. The standard InChI is InChI=1S/C8H8BrF2O3P.C2H6/c1-5-2-3-6(7(9)4-5)8(10,11)15(12,13)14;1-2/h2-4H,1H3,(H2,12,13,14);1-2H3. The molecule has 0 heterocycles. The van der Waals surface area contributed by atoms with E-state index < -0.39 is 18.8 Å². The van der Waals surface area contributed by atoms with Gasteiger partial charge in [0, 0.05) is 10.0 Å². The molecule has 7 heteroatoms. The van der Waals surface area contributed by atoms with E-state index in [1.165, 1.54) is 12.1 Å². The minimum atomic E-state index is -5.50. The predicted octanol–water partition coefficient (Wildman–Crippen LogP) is 4.01. The van der Waals surface area contributed by atoms with E-state index in [9.17, 15) is 13.3 Å². The molecule has 2 N–H and O–H groups in total. The van der Waals surface area contributed by atoms with Crippen molar-refractivity contribution in [1.82, 2.24) is 0 Å². The Morgan fingerprint density at radius 2 is 1.76 bits per heavy atom. The quantitative estimate of drug-likeness (QED) is 0.805. The van der Waals surface area contributed by atoms with Crippen LogP contribution in [-0.4, -0.2) is 9.79 Å². The van der Waals surface area contributed by atoms with Crippen molar-refractivity contribution in [3.63, 3.8) is 0 Å². The zero-order chi connectivity index (χ0) is 13.9. The number of rotatable bonds is 2. The number of hydrogen-bond acceptors (Lipinski definition) is 1. The van der Waals surface area contributed by atoms with Crippen molar-refractivity contribution in [2.45, 2.75) is 26.4 Å². The van der Waals surface area contributed by atoms with Crippen molar-refractivity contribution in [3.8, 4) is 0 Å². The molecule has 0 saturated carbocycles. The smallest absolute Gasteiger partial charge is 0.320 e. The van der Waals surface area contributed by atoms with Crippen molar-refractivity contribution in [3.05, 3.63) is 33.8 Å². The van der Waals surface area contributed by atoms with E-state index in [4.69, 9.17) is 9.79 Å². The maximum atomic E-state index is 13.3. The van der Waals surface area contributed by atoms with E-state index in [0.717, 1.165) is 6.07 Å². The Hall–Kier alpha value is -0.290. The fraction of sp³-hybridized carbons (Fsp3) is 0.400. The van der Waals surface area contributed by atoms with Crippen LogP contribution in [-0.2, 0) is 10.2 Å². The summed E-state index contributed by atoms with van der Waals surface area (Å²) in [5, 5.41) is 0. The van der Waals surface area contributed by atoms with Crippen molar-refractivity contribution in [1.29, 1.82) is 0 Å². The lowest BCUT2D eigenvalue weighted by Gasteiger charge is -2.19. The van der Waals surface area contributed by atoms with Gasteiger partial charge in [-0.25, -0.2) is 0 Å². The molecule has 1 aromatic carbocycles. The number of alkyl halides is 2. The largest absolute Gasteiger partial charge is 0.399 e. The molecule has 1 rings (SSSR count). The van der Waals surface area contributed by atoms with E-state index in [1.54, 1.807) is 6.92 Å². The second-order valence-electron chi connectivity index (χ2n) is 3.07. The fourth-order valence-electron chi connectivity index (χ4n) is 1.02. The summed E-state index contributed by atoms with van der Waals surface area (Å²) in [7, 11) is -5.50. The average molecular weight is 331 g/mol. The molecule has 0 spiro atoms. The predicted molar refractivity (Wildman–Crippen MR) is 66.2 cm³/mol. The molecular weight excluding hydrogens is 317 g/mol. The summed E-state index contributed by atoms with van der Waals surface area (Å²) < 4.78 is 37.1. The van der Waals surface area contributed by atoms with Crippen LogP contribution in [0, 0.1) is 6.92 Å². The van der Waals surface area contributed by atoms with Crippen LogP contribution in [0.3, 0.4) is 0 Å². The molecule has 0 aromatic heterocycles. The Balaban J connectivity index is 0.00000121. The first-order valence-electron chi connectivity index (χ1n) is 4.86. The maximum absolute atomic E-state index is 13.3. The minimum absolute atomic E-state index is 0.0178. The lowest BCUT2D eigenvalue weighted by molar-refractivity contribution is 0.0557. The molecular formula is C10H14BrF2O3P. The first kappa shape index (κ1) is 16.7. The van der Waals surface area contributed by atoms with Crippen LogP contribution < -0.4 is 0 Å². The molecule has 0 saturated heterocycles. The van der Waals surface area contributed by atoms with Crippen LogP contribution >= 0.6 is 23.5 Å². The second kappa shape index (κ2) is 6.05. The molecule has 0 unspecified atom stereocenters. The van der Waals surface area contributed by atoms with Gasteiger partial charge < -0.3 is 9.79 Å². The van der Waals surface area contributed by atoms with Crippen molar-refractivity contribution in [2.75, 3.05) is 0 Å². The summed E-state index contributed by atoms with van der Waals surface area (Å²) >= 11 is 2.85. The summed E-state index contributed by atoms with van der Waals surface area (Å²) in [4.78, 5) is 17.1. The number of benzene rings is 1. The van der Waals surface area contributed by atoms with Gasteiger partial charge in [-0.2, -0.15) is 8.78 Å². The van der Waals surface area contributed by atoms with Gasteiger partial charge >= 0.3 is 13.3 Å². The van der Waals surface area contributed by atoms with Gasteiger partial charge in [-0.1, -0.05) is 41.9 Å². The Morgan fingerprint density at radius 3 is 2.12 bits per heavy atom. The Morgan fingerprint density at radius 1 is 1.29 bits per heavy atom. The van der Waals surface area contributed by atoms with Gasteiger partial charge in [-0.15, -0.1) is 0 Å². The van der Waals surface area contributed by atoms with Gasteiger partial charge in [-0.05, 0) is 18.6 Å². The average Bonchev–Trinajstić information content (AvgIpc) is 2.18. The maximum Gasteiger partial charge on any atom is 0.399 e. The Kier molecular flexibility index (Phi) is 5.94. The lowest BCUT2D eigenvalue weighted by Crippen LogP contribution is -2.14.